The van der Waals surface area contributed by atoms with Gasteiger partial charge in [0.25, 0.3) is 0 Å². The lowest BCUT2D eigenvalue weighted by Gasteiger charge is -2.25. The molecule has 70 valence electrons. The second-order valence-electron chi connectivity index (χ2n) is 4.11. The molecule has 2 aliphatic rings. The van der Waals surface area contributed by atoms with Gasteiger partial charge >= 0.3 is 0 Å². The Bertz CT molecular complexity index is 163. The molecule has 2 fully saturated rings. The van der Waals surface area contributed by atoms with Gasteiger partial charge in [-0.05, 0) is 25.2 Å². The van der Waals surface area contributed by atoms with Gasteiger partial charge in [-0.15, -0.1) is 0 Å². The lowest BCUT2D eigenvalue weighted by Crippen LogP contribution is -2.34. The summed E-state index contributed by atoms with van der Waals surface area (Å²) >= 11 is 0. The van der Waals surface area contributed by atoms with Crippen LogP contribution in [0.3, 0.4) is 0 Å². The summed E-state index contributed by atoms with van der Waals surface area (Å²) in [6.45, 7) is 2.25. The number of nitrogens with two attached hydrogens (primary N) is 1. The summed E-state index contributed by atoms with van der Waals surface area (Å²) in [6.07, 6.45) is 3.68. The van der Waals surface area contributed by atoms with E-state index < -0.39 is 0 Å². The van der Waals surface area contributed by atoms with Crippen molar-refractivity contribution >= 4 is 0 Å². The molecule has 0 spiro atoms. The molecule has 2 bridgehead atoms. The topological polar surface area (TPSA) is 49.5 Å². The molecular formula is C9H18N2O. The molecule has 1 aliphatic carbocycles. The molecule has 1 saturated heterocycles. The third kappa shape index (κ3) is 1.37. The van der Waals surface area contributed by atoms with E-state index in [0.29, 0.717) is 18.6 Å². The van der Waals surface area contributed by atoms with Gasteiger partial charge in [0.15, 0.2) is 0 Å². The van der Waals surface area contributed by atoms with Gasteiger partial charge in [0.2, 0.25) is 0 Å². The zero-order valence-electron chi connectivity index (χ0n) is 7.45. The fourth-order valence-corrected chi connectivity index (χ4v) is 2.66. The van der Waals surface area contributed by atoms with Gasteiger partial charge in [-0.3, -0.25) is 4.90 Å². The molecule has 3 heteroatoms. The number of likely N-dealkylation sites (tertiary alicyclic amines) is 1. The minimum Gasteiger partial charge on any atom is -0.395 e. The molecule has 0 aromatic rings. The van der Waals surface area contributed by atoms with Crippen LogP contribution in [0, 0.1) is 5.92 Å². The molecule has 3 N–H and O–H groups in total. The van der Waals surface area contributed by atoms with Gasteiger partial charge in [0.05, 0.1) is 6.61 Å². The molecular weight excluding hydrogens is 152 g/mol. The van der Waals surface area contributed by atoms with Crippen LogP contribution >= 0.6 is 0 Å². The van der Waals surface area contributed by atoms with Crippen molar-refractivity contribution in [3.05, 3.63) is 0 Å². The van der Waals surface area contributed by atoms with E-state index in [9.17, 15) is 0 Å². The molecule has 0 aromatic carbocycles. The summed E-state index contributed by atoms with van der Waals surface area (Å²) in [7, 11) is 0. The minimum atomic E-state index is 0.290. The molecule has 2 rings (SSSR count). The Balaban J connectivity index is 1.96. The zero-order valence-corrected chi connectivity index (χ0v) is 7.45. The highest BCUT2D eigenvalue weighted by Gasteiger charge is 2.38. The minimum absolute atomic E-state index is 0.290. The van der Waals surface area contributed by atoms with Crippen LogP contribution in [0.1, 0.15) is 19.3 Å². The van der Waals surface area contributed by atoms with E-state index in [4.69, 9.17) is 10.8 Å². The fraction of sp³-hybridized carbons (Fsp3) is 1.00. The Morgan fingerprint density at radius 3 is 2.92 bits per heavy atom. The zero-order chi connectivity index (χ0) is 8.55. The first kappa shape index (κ1) is 8.48. The summed E-state index contributed by atoms with van der Waals surface area (Å²) in [4.78, 5) is 2.40. The molecule has 0 aromatic heterocycles. The predicted molar refractivity (Wildman–Crippen MR) is 47.8 cm³/mol. The third-order valence-electron chi connectivity index (χ3n) is 3.39. The van der Waals surface area contributed by atoms with Crippen molar-refractivity contribution in [2.24, 2.45) is 11.7 Å². The Labute approximate surface area is 73.5 Å². The van der Waals surface area contributed by atoms with Crippen LogP contribution in [0.2, 0.25) is 0 Å². The summed E-state index contributed by atoms with van der Waals surface area (Å²) < 4.78 is 0. The van der Waals surface area contributed by atoms with Crippen molar-refractivity contribution in [1.29, 1.82) is 0 Å². The third-order valence-corrected chi connectivity index (χ3v) is 3.39. The summed E-state index contributed by atoms with van der Waals surface area (Å²) in [5, 5.41) is 8.84. The van der Waals surface area contributed by atoms with E-state index in [-0.39, 0.29) is 0 Å². The normalized spacial score (nSPS) is 42.0. The van der Waals surface area contributed by atoms with Crippen LogP contribution in [0.4, 0.5) is 0 Å². The van der Waals surface area contributed by atoms with Gasteiger partial charge in [0.1, 0.15) is 0 Å². The van der Waals surface area contributed by atoms with Gasteiger partial charge in [-0.1, -0.05) is 0 Å². The Kier molecular flexibility index (Phi) is 2.35. The molecule has 3 unspecified atom stereocenters. The highest BCUT2D eigenvalue weighted by atomic mass is 16.3. The van der Waals surface area contributed by atoms with Gasteiger partial charge in [-0.25, -0.2) is 0 Å². The van der Waals surface area contributed by atoms with Crippen LogP contribution in [0.25, 0.3) is 0 Å². The highest BCUT2D eigenvalue weighted by Crippen LogP contribution is 2.34. The molecule has 1 heterocycles. The van der Waals surface area contributed by atoms with Crippen molar-refractivity contribution < 1.29 is 5.11 Å². The quantitative estimate of drug-likeness (QED) is 0.603. The molecule has 3 nitrogen and oxygen atoms in total. The van der Waals surface area contributed by atoms with E-state index in [1.807, 2.05) is 0 Å². The van der Waals surface area contributed by atoms with E-state index in [0.717, 1.165) is 19.1 Å². The van der Waals surface area contributed by atoms with E-state index in [1.54, 1.807) is 0 Å². The first-order valence-electron chi connectivity index (χ1n) is 4.91. The summed E-state index contributed by atoms with van der Waals surface area (Å²) in [5.41, 5.74) is 5.99. The van der Waals surface area contributed by atoms with Crippen molar-refractivity contribution in [3.63, 3.8) is 0 Å². The second-order valence-corrected chi connectivity index (χ2v) is 4.11. The molecule has 0 amide bonds. The number of rotatable bonds is 2. The lowest BCUT2D eigenvalue weighted by atomic mass is 9.86. The fourth-order valence-electron chi connectivity index (χ4n) is 2.66. The second kappa shape index (κ2) is 3.32. The number of hydrogen-bond donors (Lipinski definition) is 2. The van der Waals surface area contributed by atoms with Crippen molar-refractivity contribution in [1.82, 2.24) is 4.90 Å². The van der Waals surface area contributed by atoms with Crippen LogP contribution in [-0.4, -0.2) is 41.8 Å². The SMILES string of the molecule is NC1CCC2CC1CN2CCO. The standard InChI is InChI=1S/C9H18N2O/c10-9-2-1-8-5-7(9)6-11(8)3-4-12/h7-9,12H,1-6,10H2. The predicted octanol–water partition coefficient (Wildman–Crippen LogP) is -0.210. The summed E-state index contributed by atoms with van der Waals surface area (Å²) in [5.74, 6) is 0.704. The van der Waals surface area contributed by atoms with E-state index in [1.165, 1.54) is 19.3 Å². The molecule has 1 saturated carbocycles. The first-order valence-corrected chi connectivity index (χ1v) is 4.91. The van der Waals surface area contributed by atoms with Crippen molar-refractivity contribution in [3.8, 4) is 0 Å². The average Bonchev–Trinajstić information content (AvgIpc) is 2.39. The first-order chi connectivity index (χ1) is 5.81. The number of β-amino-alcohol motifs (C(OH)–C–C–N with tert-alkyl or cyclic N) is 1. The number of aliphatic hydroxyl groups is 1. The number of hydrogen-bond acceptors (Lipinski definition) is 3. The average molecular weight is 170 g/mol. The largest absolute Gasteiger partial charge is 0.395 e. The van der Waals surface area contributed by atoms with Gasteiger partial charge < -0.3 is 10.8 Å². The van der Waals surface area contributed by atoms with Crippen LogP contribution in [0.5, 0.6) is 0 Å². The highest BCUT2D eigenvalue weighted by molar-refractivity contribution is 4.94. The van der Waals surface area contributed by atoms with E-state index in [2.05, 4.69) is 4.90 Å². The smallest absolute Gasteiger partial charge is 0.0558 e. The summed E-state index contributed by atoms with van der Waals surface area (Å²) in [6, 6.07) is 1.15. The Morgan fingerprint density at radius 1 is 1.42 bits per heavy atom. The maximum atomic E-state index is 8.84. The van der Waals surface area contributed by atoms with Crippen LogP contribution in [0.15, 0.2) is 0 Å². The van der Waals surface area contributed by atoms with Crippen LogP contribution < -0.4 is 5.73 Å². The maximum absolute atomic E-state index is 8.84. The lowest BCUT2D eigenvalue weighted by molar-refractivity contribution is 0.181. The molecule has 0 radical (unpaired) electrons. The number of fused-ring (bicyclic) bond motifs is 2. The van der Waals surface area contributed by atoms with Crippen molar-refractivity contribution in [2.45, 2.75) is 31.3 Å². The van der Waals surface area contributed by atoms with Gasteiger partial charge in [0, 0.05) is 25.2 Å². The van der Waals surface area contributed by atoms with Crippen LogP contribution in [-0.2, 0) is 0 Å². The molecule has 12 heavy (non-hydrogen) atoms. The van der Waals surface area contributed by atoms with Crippen molar-refractivity contribution in [2.75, 3.05) is 19.7 Å². The van der Waals surface area contributed by atoms with E-state index >= 15 is 0 Å². The maximum Gasteiger partial charge on any atom is 0.0558 e. The number of nitrogens with zero attached hydrogens (tertiary/aromatic N) is 1. The Morgan fingerprint density at radius 2 is 2.25 bits per heavy atom. The van der Waals surface area contributed by atoms with Gasteiger partial charge in [-0.2, -0.15) is 0 Å². The molecule has 3 atom stereocenters. The monoisotopic (exact) mass is 170 g/mol. The Hall–Kier alpha value is -0.120. The molecule has 1 aliphatic heterocycles. The number of aliphatic hydroxyl groups excluding tert-OH is 1.